The summed E-state index contributed by atoms with van der Waals surface area (Å²) < 4.78 is 0. The third-order valence-electron chi connectivity index (χ3n) is 12.7. The number of hydrogen-bond acceptors (Lipinski definition) is 0. The number of benzene rings is 9. The first-order valence-electron chi connectivity index (χ1n) is 20.2. The van der Waals surface area contributed by atoms with Gasteiger partial charge in [0.1, 0.15) is 0 Å². The summed E-state index contributed by atoms with van der Waals surface area (Å²) in [6.45, 7) is 9.17. The highest BCUT2D eigenvalue weighted by Crippen LogP contribution is 2.59. The van der Waals surface area contributed by atoms with Gasteiger partial charge in [-0.3, -0.25) is 0 Å². The fourth-order valence-corrected chi connectivity index (χ4v) is 10.1. The van der Waals surface area contributed by atoms with E-state index in [9.17, 15) is 0 Å². The van der Waals surface area contributed by atoms with Crippen LogP contribution in [0.4, 0.5) is 0 Å². The Morgan fingerprint density at radius 2 is 0.807 bits per heavy atom. The Balaban J connectivity index is 1.16. The average Bonchev–Trinajstić information content (AvgIpc) is 3.70. The highest BCUT2D eigenvalue weighted by molar-refractivity contribution is 6.28. The lowest BCUT2D eigenvalue weighted by Gasteiger charge is -2.26. The minimum absolute atomic E-state index is 0.207. The lowest BCUT2D eigenvalue weighted by Crippen LogP contribution is -2.16. The van der Waals surface area contributed by atoms with Gasteiger partial charge in [-0.1, -0.05) is 201 Å². The molecule has 0 heterocycles. The molecule has 57 heavy (non-hydrogen) atoms. The van der Waals surface area contributed by atoms with E-state index in [0.29, 0.717) is 0 Å². The summed E-state index contributed by atoms with van der Waals surface area (Å²) >= 11 is 0. The van der Waals surface area contributed by atoms with Crippen molar-refractivity contribution in [1.82, 2.24) is 0 Å². The van der Waals surface area contributed by atoms with Crippen molar-refractivity contribution >= 4 is 32.7 Å². The molecule has 0 fully saturated rings. The van der Waals surface area contributed by atoms with Gasteiger partial charge in [0.05, 0.1) is 0 Å². The molecule has 0 amide bonds. The Morgan fingerprint density at radius 1 is 0.333 bits per heavy atom. The van der Waals surface area contributed by atoms with Gasteiger partial charge in [-0.05, 0) is 130 Å². The Labute approximate surface area is 335 Å². The SMILES string of the molecule is Cc1ccc(C2=C(c3ccc(C)cc3)C(C)(C)c3cc(-c4ccc5c6c(cccc46)-c4c-5c(-c5ccccc5)c5ccccc5c4-c4ccccc4)ccc32)cc1. The van der Waals surface area contributed by atoms with Gasteiger partial charge in [-0.25, -0.2) is 0 Å². The maximum absolute atomic E-state index is 2.50. The molecule has 9 aromatic carbocycles. The van der Waals surface area contributed by atoms with Gasteiger partial charge in [0, 0.05) is 5.41 Å². The summed E-state index contributed by atoms with van der Waals surface area (Å²) in [7, 11) is 0. The summed E-state index contributed by atoms with van der Waals surface area (Å²) in [5, 5.41) is 5.21. The molecule has 11 rings (SSSR count). The number of rotatable bonds is 5. The Morgan fingerprint density at radius 3 is 1.40 bits per heavy atom. The van der Waals surface area contributed by atoms with Crippen molar-refractivity contribution in [3.05, 3.63) is 215 Å². The molecule has 0 spiro atoms. The second-order valence-corrected chi connectivity index (χ2v) is 16.5. The number of aryl methyl sites for hydroxylation is 2. The number of hydrogen-bond donors (Lipinski definition) is 0. The summed E-state index contributed by atoms with van der Waals surface area (Å²) in [4.78, 5) is 0. The van der Waals surface area contributed by atoms with Crippen molar-refractivity contribution in [2.24, 2.45) is 0 Å². The second-order valence-electron chi connectivity index (χ2n) is 16.5. The van der Waals surface area contributed by atoms with Gasteiger partial charge >= 0.3 is 0 Å². The second kappa shape index (κ2) is 12.6. The van der Waals surface area contributed by atoms with Crippen molar-refractivity contribution < 1.29 is 0 Å². The highest BCUT2D eigenvalue weighted by Gasteiger charge is 2.39. The van der Waals surface area contributed by atoms with E-state index in [-0.39, 0.29) is 5.41 Å². The molecule has 0 aromatic heterocycles. The topological polar surface area (TPSA) is 0 Å². The third-order valence-corrected chi connectivity index (χ3v) is 12.7. The molecular formula is C57H42. The molecule has 0 radical (unpaired) electrons. The van der Waals surface area contributed by atoms with E-state index in [1.54, 1.807) is 0 Å². The molecule has 0 aliphatic heterocycles. The first-order valence-corrected chi connectivity index (χ1v) is 20.2. The standard InChI is InChI=1S/C57H42/c1-35-22-26-39(27-23-35)52-46-31-30-41(34-49(46)57(3,4)56(52)40-28-24-36(2)25-29-40)42-32-33-48-53-43(42)20-13-21-47(53)54-50(37-14-7-5-8-15-37)44-18-11-12-19-45(44)51(55(48)54)38-16-9-6-10-17-38/h5-34H,1-4H3. The number of fused-ring (bicyclic) bond motifs is 5. The zero-order chi connectivity index (χ0) is 38.4. The molecule has 9 aromatic rings. The molecule has 0 nitrogen and oxygen atoms in total. The molecule has 0 bridgehead atoms. The zero-order valence-corrected chi connectivity index (χ0v) is 32.8. The zero-order valence-electron chi connectivity index (χ0n) is 32.8. The van der Waals surface area contributed by atoms with Gasteiger partial charge in [0.25, 0.3) is 0 Å². The third kappa shape index (κ3) is 5.00. The quantitative estimate of drug-likeness (QED) is 0.166. The lowest BCUT2D eigenvalue weighted by molar-refractivity contribution is 0.704. The minimum atomic E-state index is -0.207. The normalized spacial score (nSPS) is 13.7. The summed E-state index contributed by atoms with van der Waals surface area (Å²) in [5.74, 6) is 0. The fourth-order valence-electron chi connectivity index (χ4n) is 10.1. The maximum Gasteiger partial charge on any atom is 0.0165 e. The molecule has 270 valence electrons. The van der Waals surface area contributed by atoms with Gasteiger partial charge < -0.3 is 0 Å². The maximum atomic E-state index is 2.50. The lowest BCUT2D eigenvalue weighted by atomic mass is 9.77. The van der Waals surface area contributed by atoms with E-state index in [1.165, 1.54) is 122 Å². The molecule has 0 heteroatoms. The van der Waals surface area contributed by atoms with Crippen LogP contribution >= 0.6 is 0 Å². The van der Waals surface area contributed by atoms with E-state index in [1.807, 2.05) is 0 Å². The average molecular weight is 727 g/mol. The van der Waals surface area contributed by atoms with Crippen molar-refractivity contribution in [2.75, 3.05) is 0 Å². The summed E-state index contributed by atoms with van der Waals surface area (Å²) in [5.41, 5.74) is 23.3. The minimum Gasteiger partial charge on any atom is -0.0622 e. The van der Waals surface area contributed by atoms with Gasteiger partial charge in [-0.2, -0.15) is 0 Å². The van der Waals surface area contributed by atoms with Crippen LogP contribution in [-0.2, 0) is 5.41 Å². The van der Waals surface area contributed by atoms with Gasteiger partial charge in [0.15, 0.2) is 0 Å². The van der Waals surface area contributed by atoms with Gasteiger partial charge in [0.2, 0.25) is 0 Å². The first kappa shape index (κ1) is 33.6. The van der Waals surface area contributed by atoms with Crippen molar-refractivity contribution in [2.45, 2.75) is 33.1 Å². The largest absolute Gasteiger partial charge is 0.0622 e. The van der Waals surface area contributed by atoms with E-state index >= 15 is 0 Å². The number of allylic oxidation sites excluding steroid dienone is 1. The van der Waals surface area contributed by atoms with Crippen LogP contribution in [-0.4, -0.2) is 0 Å². The van der Waals surface area contributed by atoms with Crippen molar-refractivity contribution in [1.29, 1.82) is 0 Å². The fraction of sp³-hybridized carbons (Fsp3) is 0.0877. The summed E-state index contributed by atoms with van der Waals surface area (Å²) in [6.07, 6.45) is 0. The van der Waals surface area contributed by atoms with Crippen molar-refractivity contribution in [3.63, 3.8) is 0 Å². The first-order chi connectivity index (χ1) is 27.9. The highest BCUT2D eigenvalue weighted by atomic mass is 14.4. The van der Waals surface area contributed by atoms with Crippen LogP contribution in [0, 0.1) is 13.8 Å². The predicted molar refractivity (Wildman–Crippen MR) is 243 cm³/mol. The molecule has 2 aliphatic rings. The monoisotopic (exact) mass is 726 g/mol. The Kier molecular flexibility index (Phi) is 7.44. The van der Waals surface area contributed by atoms with Gasteiger partial charge in [-0.15, -0.1) is 0 Å². The van der Waals surface area contributed by atoms with E-state index < -0.39 is 0 Å². The Hall–Kier alpha value is -6.76. The molecule has 0 saturated carbocycles. The van der Waals surface area contributed by atoms with Crippen molar-refractivity contribution in [3.8, 4) is 55.6 Å². The molecule has 0 N–H and O–H groups in total. The van der Waals surface area contributed by atoms with Crippen LogP contribution in [0.25, 0.3) is 88.3 Å². The molecule has 0 unspecified atom stereocenters. The van der Waals surface area contributed by atoms with E-state index in [4.69, 9.17) is 0 Å². The van der Waals surface area contributed by atoms with Crippen LogP contribution in [0.1, 0.15) is 47.2 Å². The molecule has 0 saturated heterocycles. The van der Waals surface area contributed by atoms with Crippen LogP contribution in [0.2, 0.25) is 0 Å². The smallest absolute Gasteiger partial charge is 0.0165 e. The summed E-state index contributed by atoms with van der Waals surface area (Å²) in [6, 6.07) is 68.3. The van der Waals surface area contributed by atoms with E-state index in [0.717, 1.165) is 0 Å². The predicted octanol–water partition coefficient (Wildman–Crippen LogP) is 15.5. The molecular weight excluding hydrogens is 685 g/mol. The van der Waals surface area contributed by atoms with Crippen LogP contribution in [0.5, 0.6) is 0 Å². The van der Waals surface area contributed by atoms with Crippen LogP contribution in [0.3, 0.4) is 0 Å². The molecule has 0 atom stereocenters. The van der Waals surface area contributed by atoms with Crippen LogP contribution < -0.4 is 0 Å². The Bertz CT molecular complexity index is 3010. The molecule has 2 aliphatic carbocycles. The van der Waals surface area contributed by atoms with Crippen LogP contribution in [0.15, 0.2) is 182 Å². The van der Waals surface area contributed by atoms with E-state index in [2.05, 4.69) is 210 Å².